The third-order valence-corrected chi connectivity index (χ3v) is 6.68. The first-order valence-corrected chi connectivity index (χ1v) is 9.58. The standard InChI is InChI=1S/C19H24N2O2S/c24-19(20-9-11-1-2-16-17(8-11)23-10-22-16)21-18-14-4-12-3-13(6-14)7-15(18)5-12/h1-2,8,12-15,18H,3-7,9-10H2,(H2,20,21,24). The summed E-state index contributed by atoms with van der Waals surface area (Å²) in [5.74, 6) is 5.33. The summed E-state index contributed by atoms with van der Waals surface area (Å²) in [5.41, 5.74) is 1.16. The maximum absolute atomic E-state index is 5.57. The molecule has 1 aliphatic heterocycles. The smallest absolute Gasteiger partial charge is 0.231 e. The lowest BCUT2D eigenvalue weighted by molar-refractivity contribution is -0.00694. The third-order valence-electron chi connectivity index (χ3n) is 6.41. The summed E-state index contributed by atoms with van der Waals surface area (Å²) in [6.07, 6.45) is 7.14. The van der Waals surface area contributed by atoms with Crippen molar-refractivity contribution in [3.63, 3.8) is 0 Å². The first kappa shape index (κ1) is 14.8. The van der Waals surface area contributed by atoms with Gasteiger partial charge < -0.3 is 20.1 Å². The monoisotopic (exact) mass is 344 g/mol. The molecular weight excluding hydrogens is 320 g/mol. The van der Waals surface area contributed by atoms with Gasteiger partial charge in [-0.2, -0.15) is 0 Å². The van der Waals surface area contributed by atoms with Crippen molar-refractivity contribution in [3.8, 4) is 11.5 Å². The fourth-order valence-corrected chi connectivity index (χ4v) is 5.80. The van der Waals surface area contributed by atoms with Crippen molar-refractivity contribution in [1.29, 1.82) is 0 Å². The Labute approximate surface area is 148 Å². The average molecular weight is 344 g/mol. The largest absolute Gasteiger partial charge is 0.454 e. The molecule has 128 valence electrons. The van der Waals surface area contributed by atoms with Crippen LogP contribution in [0, 0.1) is 23.7 Å². The zero-order valence-corrected chi connectivity index (χ0v) is 14.6. The van der Waals surface area contributed by atoms with E-state index in [0.29, 0.717) is 12.8 Å². The predicted molar refractivity (Wildman–Crippen MR) is 96.0 cm³/mol. The number of thiocarbonyl (C=S) groups is 1. The molecule has 0 radical (unpaired) electrons. The second-order valence-corrected chi connectivity index (χ2v) is 8.38. The van der Waals surface area contributed by atoms with Crippen molar-refractivity contribution in [3.05, 3.63) is 23.8 Å². The highest BCUT2D eigenvalue weighted by molar-refractivity contribution is 7.80. The first-order chi connectivity index (χ1) is 11.7. The second-order valence-electron chi connectivity index (χ2n) is 7.97. The molecule has 2 N–H and O–H groups in total. The van der Waals surface area contributed by atoms with Gasteiger partial charge in [-0.3, -0.25) is 0 Å². The maximum Gasteiger partial charge on any atom is 0.231 e. The van der Waals surface area contributed by atoms with Gasteiger partial charge in [0.2, 0.25) is 6.79 Å². The molecule has 0 spiro atoms. The highest BCUT2D eigenvalue weighted by Crippen LogP contribution is 2.53. The van der Waals surface area contributed by atoms with Crippen molar-refractivity contribution >= 4 is 17.3 Å². The Morgan fingerprint density at radius 2 is 1.71 bits per heavy atom. The normalized spacial score (nSPS) is 35.1. The Morgan fingerprint density at radius 3 is 2.46 bits per heavy atom. The lowest BCUT2D eigenvalue weighted by Crippen LogP contribution is -2.57. The van der Waals surface area contributed by atoms with Crippen LogP contribution in [0.3, 0.4) is 0 Å². The third kappa shape index (κ3) is 2.63. The minimum Gasteiger partial charge on any atom is -0.454 e. The van der Waals surface area contributed by atoms with Crippen LogP contribution in [0.1, 0.15) is 37.7 Å². The van der Waals surface area contributed by atoms with Gasteiger partial charge >= 0.3 is 0 Å². The Morgan fingerprint density at radius 1 is 1.00 bits per heavy atom. The minimum atomic E-state index is 0.318. The van der Waals surface area contributed by atoms with Gasteiger partial charge in [-0.25, -0.2) is 0 Å². The molecule has 4 saturated carbocycles. The summed E-state index contributed by atoms with van der Waals surface area (Å²) in [7, 11) is 0. The fourth-order valence-electron chi connectivity index (χ4n) is 5.60. The average Bonchev–Trinajstić information content (AvgIpc) is 3.03. The van der Waals surface area contributed by atoms with Gasteiger partial charge in [0.1, 0.15) is 0 Å². The van der Waals surface area contributed by atoms with Gasteiger partial charge in [-0.15, -0.1) is 0 Å². The van der Waals surface area contributed by atoms with Crippen LogP contribution in [-0.2, 0) is 6.54 Å². The van der Waals surface area contributed by atoms with E-state index < -0.39 is 0 Å². The molecule has 0 amide bonds. The zero-order valence-electron chi connectivity index (χ0n) is 13.8. The number of fused-ring (bicyclic) bond motifs is 1. The maximum atomic E-state index is 5.57. The van der Waals surface area contributed by atoms with E-state index in [-0.39, 0.29) is 0 Å². The molecule has 1 heterocycles. The van der Waals surface area contributed by atoms with Gasteiger partial charge in [-0.05, 0) is 85.7 Å². The predicted octanol–water partition coefficient (Wildman–Crippen LogP) is 3.20. The van der Waals surface area contributed by atoms with Crippen molar-refractivity contribution in [1.82, 2.24) is 10.6 Å². The zero-order chi connectivity index (χ0) is 16.1. The molecule has 5 aliphatic rings. The fraction of sp³-hybridized carbons (Fsp3) is 0.632. The Hall–Kier alpha value is -1.49. The SMILES string of the molecule is S=C(NCc1ccc2c(c1)OCO2)NC1C2CC3CC(C2)CC1C3. The van der Waals surface area contributed by atoms with E-state index in [1.165, 1.54) is 32.1 Å². The molecule has 0 unspecified atom stereocenters. The van der Waals surface area contributed by atoms with E-state index >= 15 is 0 Å². The summed E-state index contributed by atoms with van der Waals surface area (Å²) in [6.45, 7) is 1.04. The van der Waals surface area contributed by atoms with Crippen LogP contribution in [0.4, 0.5) is 0 Å². The first-order valence-electron chi connectivity index (χ1n) is 9.17. The van der Waals surface area contributed by atoms with Crippen LogP contribution < -0.4 is 20.1 Å². The van der Waals surface area contributed by atoms with Gasteiger partial charge in [0, 0.05) is 12.6 Å². The van der Waals surface area contributed by atoms with Gasteiger partial charge in [-0.1, -0.05) is 6.07 Å². The van der Waals surface area contributed by atoms with Crippen molar-refractivity contribution < 1.29 is 9.47 Å². The Balaban J connectivity index is 1.18. The summed E-state index contributed by atoms with van der Waals surface area (Å²) >= 11 is 5.57. The second kappa shape index (κ2) is 5.80. The Bertz CT molecular complexity index is 635. The number of ether oxygens (including phenoxy) is 2. The van der Waals surface area contributed by atoms with Crippen molar-refractivity contribution in [2.75, 3.05) is 6.79 Å². The summed E-state index contributed by atoms with van der Waals surface area (Å²) in [6, 6.07) is 6.65. The summed E-state index contributed by atoms with van der Waals surface area (Å²) < 4.78 is 10.8. The van der Waals surface area contributed by atoms with Crippen LogP contribution in [-0.4, -0.2) is 17.9 Å². The molecular formula is C19H24N2O2S. The van der Waals surface area contributed by atoms with E-state index in [9.17, 15) is 0 Å². The number of hydrogen-bond donors (Lipinski definition) is 2. The minimum absolute atomic E-state index is 0.318. The Kier molecular flexibility index (Phi) is 3.58. The van der Waals surface area contributed by atoms with Crippen LogP contribution in [0.15, 0.2) is 18.2 Å². The van der Waals surface area contributed by atoms with Gasteiger partial charge in [0.25, 0.3) is 0 Å². The lowest BCUT2D eigenvalue weighted by Gasteiger charge is -2.54. The number of hydrogen-bond acceptors (Lipinski definition) is 3. The van der Waals surface area contributed by atoms with Crippen molar-refractivity contribution in [2.24, 2.45) is 23.7 Å². The van der Waals surface area contributed by atoms with E-state index in [4.69, 9.17) is 21.7 Å². The molecule has 4 fully saturated rings. The molecule has 4 aliphatic carbocycles. The van der Waals surface area contributed by atoms with Crippen molar-refractivity contribution in [2.45, 2.75) is 44.7 Å². The van der Waals surface area contributed by atoms with Crippen LogP contribution in [0.2, 0.25) is 0 Å². The van der Waals surface area contributed by atoms with Gasteiger partial charge in [0.15, 0.2) is 16.6 Å². The highest BCUT2D eigenvalue weighted by atomic mass is 32.1. The molecule has 4 bridgehead atoms. The van der Waals surface area contributed by atoms with E-state index in [1.54, 1.807) is 0 Å². The summed E-state index contributed by atoms with van der Waals surface area (Å²) in [5, 5.41) is 7.82. The molecule has 0 saturated heterocycles. The molecule has 6 rings (SSSR count). The molecule has 1 aromatic carbocycles. The van der Waals surface area contributed by atoms with Crippen LogP contribution >= 0.6 is 12.2 Å². The van der Waals surface area contributed by atoms with E-state index in [0.717, 1.165) is 52.4 Å². The molecule has 0 aromatic heterocycles. The molecule has 4 nitrogen and oxygen atoms in total. The van der Waals surface area contributed by atoms with Crippen LogP contribution in [0.25, 0.3) is 0 Å². The molecule has 0 atom stereocenters. The molecule has 24 heavy (non-hydrogen) atoms. The molecule has 5 heteroatoms. The topological polar surface area (TPSA) is 42.5 Å². The quantitative estimate of drug-likeness (QED) is 0.824. The van der Waals surface area contributed by atoms with E-state index in [2.05, 4.69) is 16.7 Å². The number of nitrogens with one attached hydrogen (secondary N) is 2. The molecule has 1 aromatic rings. The number of rotatable bonds is 3. The lowest BCUT2D eigenvalue weighted by atomic mass is 9.54. The summed E-state index contributed by atoms with van der Waals surface area (Å²) in [4.78, 5) is 0. The number of benzene rings is 1. The highest BCUT2D eigenvalue weighted by Gasteiger charge is 2.48. The van der Waals surface area contributed by atoms with Gasteiger partial charge in [0.05, 0.1) is 0 Å². The van der Waals surface area contributed by atoms with Crippen LogP contribution in [0.5, 0.6) is 11.5 Å². The van der Waals surface area contributed by atoms with E-state index in [1.807, 2.05) is 12.1 Å².